The van der Waals surface area contributed by atoms with Crippen molar-refractivity contribution >= 4 is 17.8 Å². The Bertz CT molecular complexity index is 852. The normalized spacial score (nSPS) is 13.7. The Kier molecular flexibility index (Phi) is 6.69. The van der Waals surface area contributed by atoms with E-state index in [0.717, 1.165) is 25.9 Å². The third-order valence-corrected chi connectivity index (χ3v) is 4.75. The number of nitrogens with zero attached hydrogens (tertiary/aromatic N) is 5. The molecule has 1 N–H and O–H groups in total. The summed E-state index contributed by atoms with van der Waals surface area (Å²) in [6, 6.07) is 5.04. The van der Waals surface area contributed by atoms with Gasteiger partial charge in [-0.15, -0.1) is 0 Å². The van der Waals surface area contributed by atoms with Gasteiger partial charge in [-0.25, -0.2) is 0 Å². The molecule has 1 aromatic carbocycles. The zero-order valence-corrected chi connectivity index (χ0v) is 17.4. The highest BCUT2D eigenvalue weighted by molar-refractivity contribution is 5.94. The molecule has 2 aromatic rings. The maximum Gasteiger partial charge on any atom is 0.251 e. The lowest BCUT2D eigenvalue weighted by molar-refractivity contribution is 0.0949. The van der Waals surface area contributed by atoms with E-state index >= 15 is 0 Å². The summed E-state index contributed by atoms with van der Waals surface area (Å²) < 4.78 is 10.5. The lowest BCUT2D eigenvalue weighted by Gasteiger charge is -2.27. The lowest BCUT2D eigenvalue weighted by Crippen LogP contribution is -2.32. The maximum atomic E-state index is 12.6. The Morgan fingerprint density at radius 1 is 1.07 bits per heavy atom. The van der Waals surface area contributed by atoms with E-state index in [-0.39, 0.29) is 12.5 Å². The quantitative estimate of drug-likeness (QED) is 0.753. The minimum Gasteiger partial charge on any atom is -0.493 e. The van der Waals surface area contributed by atoms with Crippen LogP contribution in [0.3, 0.4) is 0 Å². The van der Waals surface area contributed by atoms with Crippen LogP contribution in [0.2, 0.25) is 0 Å². The monoisotopic (exact) mass is 400 g/mol. The first-order valence-corrected chi connectivity index (χ1v) is 9.69. The first kappa shape index (κ1) is 20.6. The van der Waals surface area contributed by atoms with Gasteiger partial charge < -0.3 is 24.6 Å². The van der Waals surface area contributed by atoms with Gasteiger partial charge in [0.1, 0.15) is 0 Å². The van der Waals surface area contributed by atoms with Gasteiger partial charge in [0.15, 0.2) is 17.3 Å². The smallest absolute Gasteiger partial charge is 0.251 e. The van der Waals surface area contributed by atoms with E-state index in [2.05, 4.69) is 25.2 Å². The van der Waals surface area contributed by atoms with Crippen molar-refractivity contribution in [2.75, 3.05) is 51.2 Å². The number of hydrogen-bond donors (Lipinski definition) is 1. The molecular formula is C20H28N6O3. The standard InChI is InChI=1S/C20H28N6O3/c1-25(2)19-22-17(23-20(24-19)26-10-6-5-7-11-26)13-21-18(27)14-8-9-15(28-3)16(12-14)29-4/h8-9,12H,5-7,10-11,13H2,1-4H3,(H,21,27). The predicted octanol–water partition coefficient (Wildman–Crippen LogP) is 1.88. The number of carbonyl (C=O) groups excluding carboxylic acids is 1. The molecule has 0 unspecified atom stereocenters. The van der Waals surface area contributed by atoms with Crippen LogP contribution in [-0.4, -0.2) is 62.3 Å². The molecule has 0 atom stereocenters. The minimum atomic E-state index is -0.239. The number of anilines is 2. The number of piperidine rings is 1. The second-order valence-corrected chi connectivity index (χ2v) is 7.05. The summed E-state index contributed by atoms with van der Waals surface area (Å²) in [6.07, 6.45) is 3.50. The van der Waals surface area contributed by atoms with Crippen molar-refractivity contribution in [3.05, 3.63) is 29.6 Å². The van der Waals surface area contributed by atoms with Gasteiger partial charge in [0.05, 0.1) is 20.8 Å². The molecule has 1 aliphatic rings. The van der Waals surface area contributed by atoms with Crippen LogP contribution in [0.15, 0.2) is 18.2 Å². The SMILES string of the molecule is COc1ccc(C(=O)NCc2nc(N(C)C)nc(N3CCCCC3)n2)cc1OC. The van der Waals surface area contributed by atoms with E-state index in [4.69, 9.17) is 9.47 Å². The largest absolute Gasteiger partial charge is 0.493 e. The van der Waals surface area contributed by atoms with E-state index in [0.29, 0.717) is 34.8 Å². The van der Waals surface area contributed by atoms with Gasteiger partial charge in [0, 0.05) is 32.7 Å². The van der Waals surface area contributed by atoms with E-state index in [1.165, 1.54) is 13.5 Å². The Morgan fingerprint density at radius 3 is 2.45 bits per heavy atom. The fraction of sp³-hybridized carbons (Fsp3) is 0.500. The van der Waals surface area contributed by atoms with Crippen molar-refractivity contribution in [1.82, 2.24) is 20.3 Å². The van der Waals surface area contributed by atoms with Crippen LogP contribution in [0.1, 0.15) is 35.4 Å². The van der Waals surface area contributed by atoms with Crippen molar-refractivity contribution in [2.45, 2.75) is 25.8 Å². The molecule has 0 radical (unpaired) electrons. The number of carbonyl (C=O) groups is 1. The van der Waals surface area contributed by atoms with Crippen molar-refractivity contribution in [3.8, 4) is 11.5 Å². The van der Waals surface area contributed by atoms with Crippen molar-refractivity contribution < 1.29 is 14.3 Å². The summed E-state index contributed by atoms with van der Waals surface area (Å²) in [5.74, 6) is 2.61. The molecular weight excluding hydrogens is 372 g/mol. The molecule has 1 aromatic heterocycles. The summed E-state index contributed by atoms with van der Waals surface area (Å²) in [5, 5.41) is 2.88. The highest BCUT2D eigenvalue weighted by Crippen LogP contribution is 2.27. The Labute approximate surface area is 171 Å². The van der Waals surface area contributed by atoms with E-state index in [1.807, 2.05) is 19.0 Å². The molecule has 0 saturated carbocycles. The van der Waals surface area contributed by atoms with Gasteiger partial charge >= 0.3 is 0 Å². The van der Waals surface area contributed by atoms with Crippen LogP contribution in [0.5, 0.6) is 11.5 Å². The van der Waals surface area contributed by atoms with Gasteiger partial charge in [0.2, 0.25) is 11.9 Å². The van der Waals surface area contributed by atoms with E-state index in [1.54, 1.807) is 25.3 Å². The Balaban J connectivity index is 1.75. The van der Waals surface area contributed by atoms with Gasteiger partial charge in [-0.1, -0.05) is 0 Å². The number of aromatic nitrogens is 3. The van der Waals surface area contributed by atoms with Crippen LogP contribution in [0.25, 0.3) is 0 Å². The number of methoxy groups -OCH3 is 2. The van der Waals surface area contributed by atoms with Crippen LogP contribution >= 0.6 is 0 Å². The summed E-state index contributed by atoms with van der Waals surface area (Å²) in [6.45, 7) is 2.08. The molecule has 9 nitrogen and oxygen atoms in total. The van der Waals surface area contributed by atoms with E-state index in [9.17, 15) is 4.79 Å². The van der Waals surface area contributed by atoms with Gasteiger partial charge in [-0.3, -0.25) is 4.79 Å². The molecule has 9 heteroatoms. The van der Waals surface area contributed by atoms with E-state index < -0.39 is 0 Å². The zero-order valence-electron chi connectivity index (χ0n) is 17.4. The first-order valence-electron chi connectivity index (χ1n) is 9.69. The third-order valence-electron chi connectivity index (χ3n) is 4.75. The van der Waals surface area contributed by atoms with Crippen molar-refractivity contribution in [3.63, 3.8) is 0 Å². The molecule has 1 saturated heterocycles. The zero-order chi connectivity index (χ0) is 20.8. The molecule has 0 aliphatic carbocycles. The second kappa shape index (κ2) is 9.40. The fourth-order valence-corrected chi connectivity index (χ4v) is 3.15. The Hall–Kier alpha value is -3.10. The summed E-state index contributed by atoms with van der Waals surface area (Å²) in [5.41, 5.74) is 0.473. The molecule has 1 amide bonds. The minimum absolute atomic E-state index is 0.206. The number of nitrogens with one attached hydrogen (secondary N) is 1. The van der Waals surface area contributed by atoms with Crippen LogP contribution in [-0.2, 0) is 6.54 Å². The molecule has 1 aliphatic heterocycles. The molecule has 29 heavy (non-hydrogen) atoms. The van der Waals surface area contributed by atoms with Gasteiger partial charge in [-0.2, -0.15) is 15.0 Å². The second-order valence-electron chi connectivity index (χ2n) is 7.05. The molecule has 2 heterocycles. The molecule has 156 valence electrons. The highest BCUT2D eigenvalue weighted by Gasteiger charge is 2.18. The number of ether oxygens (including phenoxy) is 2. The fourth-order valence-electron chi connectivity index (χ4n) is 3.15. The van der Waals surface area contributed by atoms with Crippen molar-refractivity contribution in [2.24, 2.45) is 0 Å². The molecule has 0 spiro atoms. The van der Waals surface area contributed by atoms with Crippen LogP contribution in [0.4, 0.5) is 11.9 Å². The van der Waals surface area contributed by atoms with Crippen LogP contribution < -0.4 is 24.6 Å². The predicted molar refractivity (Wildman–Crippen MR) is 111 cm³/mol. The number of hydrogen-bond acceptors (Lipinski definition) is 8. The highest BCUT2D eigenvalue weighted by atomic mass is 16.5. The number of rotatable bonds is 7. The van der Waals surface area contributed by atoms with Gasteiger partial charge in [-0.05, 0) is 37.5 Å². The lowest BCUT2D eigenvalue weighted by atomic mass is 10.1. The first-order chi connectivity index (χ1) is 14.0. The topological polar surface area (TPSA) is 92.7 Å². The summed E-state index contributed by atoms with van der Waals surface area (Å²) in [7, 11) is 6.87. The number of benzene rings is 1. The van der Waals surface area contributed by atoms with Gasteiger partial charge in [0.25, 0.3) is 5.91 Å². The third kappa shape index (κ3) is 5.04. The Morgan fingerprint density at radius 2 is 1.79 bits per heavy atom. The molecule has 1 fully saturated rings. The molecule has 3 rings (SSSR count). The van der Waals surface area contributed by atoms with Crippen molar-refractivity contribution in [1.29, 1.82) is 0 Å². The average molecular weight is 400 g/mol. The summed E-state index contributed by atoms with van der Waals surface area (Å²) in [4.78, 5) is 30.2. The molecule has 0 bridgehead atoms. The average Bonchev–Trinajstić information content (AvgIpc) is 2.77. The summed E-state index contributed by atoms with van der Waals surface area (Å²) >= 11 is 0. The number of amides is 1. The van der Waals surface area contributed by atoms with Crippen LogP contribution in [0, 0.1) is 0 Å². The maximum absolute atomic E-state index is 12.6.